The standard InChI is InChI=1S/C28H27FN2O4S/c1-4-18-12-22(21-16-36-27-17(2)6-5-7-20(21)27)31-23(13-18)24(32)15-30-28(33)19-8-9-25(35-11-10-29)26(14-19)34-3/h5-9,12-14,16H,4,10-11,15H2,1-3H3,(H,30,33). The summed E-state index contributed by atoms with van der Waals surface area (Å²) in [4.78, 5) is 30.4. The van der Waals surface area contributed by atoms with E-state index in [9.17, 15) is 14.0 Å². The summed E-state index contributed by atoms with van der Waals surface area (Å²) in [5.74, 6) is -0.0787. The van der Waals surface area contributed by atoms with E-state index in [1.165, 1.54) is 35.6 Å². The van der Waals surface area contributed by atoms with E-state index in [1.54, 1.807) is 17.4 Å². The Morgan fingerprint density at radius 1 is 1.11 bits per heavy atom. The number of fused-ring (bicyclic) bond motifs is 1. The first kappa shape index (κ1) is 25.3. The van der Waals surface area contributed by atoms with Crippen molar-refractivity contribution in [3.05, 3.63) is 76.3 Å². The smallest absolute Gasteiger partial charge is 0.251 e. The lowest BCUT2D eigenvalue weighted by molar-refractivity contribution is 0.0902. The third kappa shape index (κ3) is 5.39. The molecule has 4 rings (SSSR count). The molecule has 2 aromatic carbocycles. The van der Waals surface area contributed by atoms with Crippen LogP contribution >= 0.6 is 11.3 Å². The number of Topliss-reactive ketones (excluding diaryl/α,β-unsaturated/α-hetero) is 1. The molecule has 0 unspecified atom stereocenters. The summed E-state index contributed by atoms with van der Waals surface area (Å²) in [5, 5.41) is 5.84. The van der Waals surface area contributed by atoms with Crippen LogP contribution in [0.15, 0.2) is 53.9 Å². The highest BCUT2D eigenvalue weighted by Crippen LogP contribution is 2.35. The number of alkyl halides is 1. The average molecular weight is 507 g/mol. The zero-order valence-corrected chi connectivity index (χ0v) is 21.2. The number of aryl methyl sites for hydroxylation is 2. The molecule has 1 N–H and O–H groups in total. The second-order valence-corrected chi connectivity index (χ2v) is 9.09. The Bertz CT molecular complexity index is 1420. The van der Waals surface area contributed by atoms with Gasteiger partial charge < -0.3 is 14.8 Å². The SMILES string of the molecule is CCc1cc(C(=O)CNC(=O)c2ccc(OCCF)c(OC)c2)nc(-c2csc3c(C)cccc23)c1. The number of thiophene rings is 1. The zero-order valence-electron chi connectivity index (χ0n) is 20.4. The van der Waals surface area contributed by atoms with E-state index >= 15 is 0 Å². The van der Waals surface area contributed by atoms with Crippen LogP contribution < -0.4 is 14.8 Å². The molecule has 36 heavy (non-hydrogen) atoms. The van der Waals surface area contributed by atoms with Gasteiger partial charge in [0.2, 0.25) is 0 Å². The minimum Gasteiger partial charge on any atom is -0.493 e. The van der Waals surface area contributed by atoms with Gasteiger partial charge in [-0.15, -0.1) is 11.3 Å². The van der Waals surface area contributed by atoms with Gasteiger partial charge in [0, 0.05) is 26.6 Å². The monoisotopic (exact) mass is 506 g/mol. The van der Waals surface area contributed by atoms with Gasteiger partial charge in [-0.2, -0.15) is 0 Å². The van der Waals surface area contributed by atoms with E-state index in [0.717, 1.165) is 28.6 Å². The third-order valence-electron chi connectivity index (χ3n) is 5.82. The molecular formula is C28H27FN2O4S. The lowest BCUT2D eigenvalue weighted by atomic mass is 10.0. The van der Waals surface area contributed by atoms with Gasteiger partial charge >= 0.3 is 0 Å². The van der Waals surface area contributed by atoms with Crippen LogP contribution in [0.1, 0.15) is 38.9 Å². The van der Waals surface area contributed by atoms with Crippen LogP contribution in [-0.2, 0) is 6.42 Å². The summed E-state index contributed by atoms with van der Waals surface area (Å²) in [5.41, 5.74) is 4.54. The molecule has 0 aliphatic carbocycles. The number of carbonyl (C=O) groups is 2. The number of hydrogen-bond acceptors (Lipinski definition) is 6. The van der Waals surface area contributed by atoms with Crippen LogP contribution in [-0.4, -0.2) is 43.6 Å². The summed E-state index contributed by atoms with van der Waals surface area (Å²) >= 11 is 1.66. The fourth-order valence-corrected chi connectivity index (χ4v) is 4.94. The maximum Gasteiger partial charge on any atom is 0.251 e. The molecule has 0 aliphatic heterocycles. The van der Waals surface area contributed by atoms with Crippen molar-refractivity contribution in [1.29, 1.82) is 0 Å². The Balaban J connectivity index is 1.53. The zero-order chi connectivity index (χ0) is 25.7. The van der Waals surface area contributed by atoms with Crippen LogP contribution in [0.5, 0.6) is 11.5 Å². The largest absolute Gasteiger partial charge is 0.493 e. The van der Waals surface area contributed by atoms with Crippen LogP contribution in [0.4, 0.5) is 4.39 Å². The van der Waals surface area contributed by atoms with Gasteiger partial charge in [0.25, 0.3) is 5.91 Å². The number of rotatable bonds is 10. The number of ketones is 1. The highest BCUT2D eigenvalue weighted by Gasteiger charge is 2.17. The van der Waals surface area contributed by atoms with Gasteiger partial charge in [0.1, 0.15) is 19.0 Å². The average Bonchev–Trinajstić information content (AvgIpc) is 3.35. The van der Waals surface area contributed by atoms with Gasteiger partial charge in [-0.05, 0) is 54.8 Å². The molecule has 0 fully saturated rings. The second kappa shape index (κ2) is 11.3. The summed E-state index contributed by atoms with van der Waals surface area (Å²) in [6, 6.07) is 14.5. The number of nitrogens with zero attached hydrogens (tertiary/aromatic N) is 1. The molecule has 2 aromatic heterocycles. The molecule has 8 heteroatoms. The van der Waals surface area contributed by atoms with E-state index in [2.05, 4.69) is 34.7 Å². The molecule has 1 amide bonds. The van der Waals surface area contributed by atoms with Gasteiger partial charge in [0.15, 0.2) is 17.3 Å². The molecule has 2 heterocycles. The molecule has 0 bridgehead atoms. The summed E-state index contributed by atoms with van der Waals surface area (Å²) in [6.07, 6.45) is 0.750. The molecule has 0 saturated heterocycles. The molecule has 0 spiro atoms. The highest BCUT2D eigenvalue weighted by molar-refractivity contribution is 7.18. The van der Waals surface area contributed by atoms with Crippen molar-refractivity contribution in [3.8, 4) is 22.8 Å². The first-order valence-electron chi connectivity index (χ1n) is 11.6. The highest BCUT2D eigenvalue weighted by atomic mass is 32.1. The van der Waals surface area contributed by atoms with Crippen LogP contribution in [0.2, 0.25) is 0 Å². The Morgan fingerprint density at radius 2 is 1.94 bits per heavy atom. The lowest BCUT2D eigenvalue weighted by Gasteiger charge is -2.12. The third-order valence-corrected chi connectivity index (χ3v) is 6.95. The van der Waals surface area contributed by atoms with Crippen molar-refractivity contribution in [3.63, 3.8) is 0 Å². The maximum absolute atomic E-state index is 13.0. The van der Waals surface area contributed by atoms with Gasteiger partial charge in [-0.1, -0.05) is 25.1 Å². The Labute approximate surface area is 213 Å². The van der Waals surface area contributed by atoms with E-state index in [0.29, 0.717) is 22.8 Å². The summed E-state index contributed by atoms with van der Waals surface area (Å²) in [7, 11) is 1.44. The molecular weight excluding hydrogens is 479 g/mol. The number of amides is 1. The van der Waals surface area contributed by atoms with Gasteiger partial charge in [0.05, 0.1) is 19.3 Å². The predicted molar refractivity (Wildman–Crippen MR) is 140 cm³/mol. The van der Waals surface area contributed by atoms with Crippen molar-refractivity contribution in [1.82, 2.24) is 10.3 Å². The fourth-order valence-electron chi connectivity index (χ4n) is 3.90. The van der Waals surface area contributed by atoms with E-state index in [1.807, 2.05) is 19.1 Å². The number of benzene rings is 2. The molecule has 4 aromatic rings. The number of pyridine rings is 1. The second-order valence-electron chi connectivity index (χ2n) is 8.21. The Kier molecular flexibility index (Phi) is 7.95. The molecule has 0 radical (unpaired) electrons. The molecule has 0 aliphatic rings. The topological polar surface area (TPSA) is 77.5 Å². The molecule has 0 saturated carbocycles. The van der Waals surface area contributed by atoms with Crippen molar-refractivity contribution in [2.75, 3.05) is 26.9 Å². The lowest BCUT2D eigenvalue weighted by Crippen LogP contribution is -2.30. The van der Waals surface area contributed by atoms with Crippen LogP contribution in [0.25, 0.3) is 21.3 Å². The summed E-state index contributed by atoms with van der Waals surface area (Å²) in [6.45, 7) is 3.16. The number of hydrogen-bond donors (Lipinski definition) is 1. The number of carbonyl (C=O) groups excluding carboxylic acids is 2. The Hall–Kier alpha value is -3.78. The van der Waals surface area contributed by atoms with Crippen LogP contribution in [0, 0.1) is 6.92 Å². The maximum atomic E-state index is 13.0. The number of nitrogens with one attached hydrogen (secondary N) is 1. The van der Waals surface area contributed by atoms with Crippen LogP contribution in [0.3, 0.4) is 0 Å². The van der Waals surface area contributed by atoms with E-state index in [-0.39, 0.29) is 18.9 Å². The van der Waals surface area contributed by atoms with E-state index in [4.69, 9.17) is 9.47 Å². The molecule has 186 valence electrons. The Morgan fingerprint density at radius 3 is 2.69 bits per heavy atom. The van der Waals surface area contributed by atoms with Crippen molar-refractivity contribution in [2.24, 2.45) is 0 Å². The first-order chi connectivity index (χ1) is 17.4. The van der Waals surface area contributed by atoms with Crippen molar-refractivity contribution < 1.29 is 23.5 Å². The van der Waals surface area contributed by atoms with E-state index < -0.39 is 12.6 Å². The number of aromatic nitrogens is 1. The van der Waals surface area contributed by atoms with Crippen molar-refractivity contribution in [2.45, 2.75) is 20.3 Å². The van der Waals surface area contributed by atoms with Gasteiger partial charge in [-0.3, -0.25) is 9.59 Å². The molecule has 0 atom stereocenters. The number of ether oxygens (including phenoxy) is 2. The quantitative estimate of drug-likeness (QED) is 0.275. The number of methoxy groups -OCH3 is 1. The number of halogens is 1. The first-order valence-corrected chi connectivity index (χ1v) is 12.5. The minimum atomic E-state index is -0.634. The van der Waals surface area contributed by atoms with Gasteiger partial charge in [-0.25, -0.2) is 9.37 Å². The minimum absolute atomic E-state index is 0.108. The predicted octanol–water partition coefficient (Wildman–Crippen LogP) is 5.80. The normalized spacial score (nSPS) is 10.9. The fraction of sp³-hybridized carbons (Fsp3) is 0.250. The summed E-state index contributed by atoms with van der Waals surface area (Å²) < 4.78 is 24.1. The molecule has 6 nitrogen and oxygen atoms in total. The van der Waals surface area contributed by atoms with Crippen molar-refractivity contribution >= 4 is 33.1 Å².